The highest BCUT2D eigenvalue weighted by molar-refractivity contribution is 5.75. The number of aryl methyl sites for hydroxylation is 1. The smallest absolute Gasteiger partial charge is 0.291 e. The van der Waals surface area contributed by atoms with E-state index in [-0.39, 0.29) is 5.56 Å². The molecule has 0 aliphatic heterocycles. The first-order chi connectivity index (χ1) is 9.72. The van der Waals surface area contributed by atoms with Gasteiger partial charge in [-0.3, -0.25) is 4.79 Å². The first-order valence-corrected chi connectivity index (χ1v) is 6.51. The minimum Gasteiger partial charge on any atom is -0.361 e. The molecule has 0 spiro atoms. The van der Waals surface area contributed by atoms with E-state index in [1.165, 1.54) is 5.56 Å². The van der Waals surface area contributed by atoms with E-state index < -0.39 is 0 Å². The molecule has 2 aromatic carbocycles. The molecule has 1 aromatic heterocycles. The van der Waals surface area contributed by atoms with E-state index >= 15 is 0 Å². The predicted molar refractivity (Wildman–Crippen MR) is 80.9 cm³/mol. The Morgan fingerprint density at radius 3 is 2.65 bits per heavy atom. The van der Waals surface area contributed by atoms with E-state index in [4.69, 9.17) is 0 Å². The van der Waals surface area contributed by atoms with E-state index in [0.717, 1.165) is 16.6 Å². The van der Waals surface area contributed by atoms with Gasteiger partial charge in [0.2, 0.25) is 0 Å². The number of hydrogen-bond donors (Lipinski definition) is 2. The van der Waals surface area contributed by atoms with Crippen LogP contribution in [0.4, 0.5) is 5.82 Å². The highest BCUT2D eigenvalue weighted by Gasteiger charge is 2.03. The van der Waals surface area contributed by atoms with Crippen molar-refractivity contribution in [2.45, 2.75) is 13.5 Å². The maximum Gasteiger partial charge on any atom is 0.291 e. The molecule has 100 valence electrons. The van der Waals surface area contributed by atoms with Crippen LogP contribution >= 0.6 is 0 Å². The van der Waals surface area contributed by atoms with Crippen molar-refractivity contribution in [3.63, 3.8) is 0 Å². The van der Waals surface area contributed by atoms with Gasteiger partial charge in [-0.05, 0) is 24.6 Å². The van der Waals surface area contributed by atoms with Crippen LogP contribution in [-0.4, -0.2) is 9.97 Å². The molecule has 0 atom stereocenters. The topological polar surface area (TPSA) is 57.8 Å². The predicted octanol–water partition coefficient (Wildman–Crippen LogP) is 2.84. The van der Waals surface area contributed by atoms with Crippen molar-refractivity contribution in [2.75, 3.05) is 5.32 Å². The Bertz CT molecular complexity index is 791. The molecule has 3 aromatic rings. The molecule has 0 aliphatic carbocycles. The fourth-order valence-electron chi connectivity index (χ4n) is 2.04. The van der Waals surface area contributed by atoms with E-state index in [1.807, 2.05) is 43.3 Å². The van der Waals surface area contributed by atoms with Crippen LogP contribution < -0.4 is 10.9 Å². The molecular weight excluding hydrogens is 250 g/mol. The van der Waals surface area contributed by atoms with Gasteiger partial charge in [0.25, 0.3) is 5.56 Å². The van der Waals surface area contributed by atoms with Crippen LogP contribution in [-0.2, 0) is 6.54 Å². The highest BCUT2D eigenvalue weighted by atomic mass is 16.1. The molecule has 20 heavy (non-hydrogen) atoms. The summed E-state index contributed by atoms with van der Waals surface area (Å²) < 4.78 is 0. The minimum atomic E-state index is -0.198. The second-order valence-corrected chi connectivity index (χ2v) is 4.77. The lowest BCUT2D eigenvalue weighted by atomic mass is 10.1. The number of nitrogens with zero attached hydrogens (tertiary/aromatic N) is 1. The monoisotopic (exact) mass is 265 g/mol. The minimum absolute atomic E-state index is 0.198. The van der Waals surface area contributed by atoms with Gasteiger partial charge in [-0.15, -0.1) is 0 Å². The Balaban J connectivity index is 1.85. The van der Waals surface area contributed by atoms with Crippen molar-refractivity contribution in [1.82, 2.24) is 9.97 Å². The third kappa shape index (κ3) is 2.54. The van der Waals surface area contributed by atoms with Gasteiger partial charge >= 0.3 is 0 Å². The van der Waals surface area contributed by atoms with Crippen molar-refractivity contribution in [2.24, 2.45) is 0 Å². The zero-order chi connectivity index (χ0) is 13.9. The molecule has 0 aliphatic rings. The number of H-pyrrole nitrogens is 1. The molecule has 2 N–H and O–H groups in total. The zero-order valence-electron chi connectivity index (χ0n) is 11.2. The second kappa shape index (κ2) is 5.17. The lowest BCUT2D eigenvalue weighted by Gasteiger charge is -2.06. The molecule has 0 saturated heterocycles. The Kier molecular flexibility index (Phi) is 3.21. The normalized spacial score (nSPS) is 10.7. The van der Waals surface area contributed by atoms with Gasteiger partial charge in [-0.1, -0.05) is 42.0 Å². The third-order valence-corrected chi connectivity index (χ3v) is 3.18. The first-order valence-electron chi connectivity index (χ1n) is 6.51. The van der Waals surface area contributed by atoms with Crippen LogP contribution in [0.1, 0.15) is 11.1 Å². The van der Waals surface area contributed by atoms with Gasteiger partial charge in [0.1, 0.15) is 0 Å². The zero-order valence-corrected chi connectivity index (χ0v) is 11.2. The maximum absolute atomic E-state index is 11.9. The fourth-order valence-corrected chi connectivity index (χ4v) is 2.04. The van der Waals surface area contributed by atoms with E-state index in [0.29, 0.717) is 12.4 Å². The molecule has 0 radical (unpaired) electrons. The lowest BCUT2D eigenvalue weighted by molar-refractivity contribution is 1.09. The molecule has 0 amide bonds. The fraction of sp³-hybridized carbons (Fsp3) is 0.125. The first kappa shape index (κ1) is 12.4. The average molecular weight is 265 g/mol. The Labute approximate surface area is 116 Å². The molecule has 0 bridgehead atoms. The molecule has 3 rings (SSSR count). The number of nitrogens with one attached hydrogen (secondary N) is 2. The Hall–Kier alpha value is -2.62. The number of fused-ring (bicyclic) bond motifs is 1. The number of aromatic nitrogens is 2. The largest absolute Gasteiger partial charge is 0.361 e. The molecule has 1 heterocycles. The van der Waals surface area contributed by atoms with Crippen LogP contribution in [0.3, 0.4) is 0 Å². The van der Waals surface area contributed by atoms with Crippen molar-refractivity contribution < 1.29 is 0 Å². The van der Waals surface area contributed by atoms with E-state index in [2.05, 4.69) is 27.4 Å². The third-order valence-electron chi connectivity index (χ3n) is 3.18. The standard InChI is InChI=1S/C16H15N3O/c1-11-6-8-12(9-7-11)10-17-15-16(20)19-14-5-3-2-4-13(14)18-15/h2-9H,10H2,1H3,(H,17,18)(H,19,20). The summed E-state index contributed by atoms with van der Waals surface area (Å²) >= 11 is 0. The van der Waals surface area contributed by atoms with Crippen LogP contribution in [0.15, 0.2) is 53.3 Å². The Morgan fingerprint density at radius 1 is 1.10 bits per heavy atom. The summed E-state index contributed by atoms with van der Waals surface area (Å²) in [6, 6.07) is 15.7. The SMILES string of the molecule is Cc1ccc(CNc2nc3ccccc3[nH]c2=O)cc1. The van der Waals surface area contributed by atoms with Gasteiger partial charge < -0.3 is 10.3 Å². The summed E-state index contributed by atoms with van der Waals surface area (Å²) in [5, 5.41) is 3.09. The van der Waals surface area contributed by atoms with E-state index in [1.54, 1.807) is 0 Å². The van der Waals surface area contributed by atoms with Gasteiger partial charge in [0, 0.05) is 6.54 Å². The number of rotatable bonds is 3. The van der Waals surface area contributed by atoms with Gasteiger partial charge in [-0.2, -0.15) is 0 Å². The van der Waals surface area contributed by atoms with Gasteiger partial charge in [0.05, 0.1) is 11.0 Å². The highest BCUT2D eigenvalue weighted by Crippen LogP contribution is 2.09. The number of para-hydroxylation sites is 2. The number of aromatic amines is 1. The summed E-state index contributed by atoms with van der Waals surface area (Å²) in [7, 11) is 0. The average Bonchev–Trinajstić information content (AvgIpc) is 2.47. The second-order valence-electron chi connectivity index (χ2n) is 4.77. The maximum atomic E-state index is 11.9. The Morgan fingerprint density at radius 2 is 1.85 bits per heavy atom. The summed E-state index contributed by atoms with van der Waals surface area (Å²) in [5.74, 6) is 0.351. The van der Waals surface area contributed by atoms with Gasteiger partial charge in [0.15, 0.2) is 5.82 Å². The molecule has 0 saturated carbocycles. The quantitative estimate of drug-likeness (QED) is 0.765. The molecule has 0 unspecified atom stereocenters. The molecule has 0 fully saturated rings. The molecular formula is C16H15N3O. The summed E-state index contributed by atoms with van der Waals surface area (Å²) in [4.78, 5) is 19.1. The lowest BCUT2D eigenvalue weighted by Crippen LogP contribution is -2.16. The van der Waals surface area contributed by atoms with E-state index in [9.17, 15) is 4.79 Å². The van der Waals surface area contributed by atoms with Crippen molar-refractivity contribution in [3.05, 3.63) is 70.0 Å². The van der Waals surface area contributed by atoms with Crippen LogP contribution in [0.2, 0.25) is 0 Å². The number of benzene rings is 2. The number of hydrogen-bond acceptors (Lipinski definition) is 3. The van der Waals surface area contributed by atoms with Crippen LogP contribution in [0.5, 0.6) is 0 Å². The molecule has 4 heteroatoms. The molecule has 4 nitrogen and oxygen atoms in total. The van der Waals surface area contributed by atoms with Crippen LogP contribution in [0.25, 0.3) is 11.0 Å². The summed E-state index contributed by atoms with van der Waals surface area (Å²) in [6.45, 7) is 2.63. The van der Waals surface area contributed by atoms with Crippen molar-refractivity contribution in [1.29, 1.82) is 0 Å². The van der Waals surface area contributed by atoms with Crippen molar-refractivity contribution >= 4 is 16.9 Å². The van der Waals surface area contributed by atoms with Crippen LogP contribution in [0, 0.1) is 6.92 Å². The summed E-state index contributed by atoms with van der Waals surface area (Å²) in [6.07, 6.45) is 0. The van der Waals surface area contributed by atoms with Crippen molar-refractivity contribution in [3.8, 4) is 0 Å². The van der Waals surface area contributed by atoms with Gasteiger partial charge in [-0.25, -0.2) is 4.98 Å². The number of anilines is 1. The summed E-state index contributed by atoms with van der Waals surface area (Å²) in [5.41, 5.74) is 3.66.